The molecule has 0 saturated carbocycles. The lowest BCUT2D eigenvalue weighted by Gasteiger charge is -2.12. The number of rotatable bonds is 24. The van der Waals surface area contributed by atoms with Gasteiger partial charge in [0.05, 0.1) is 24.6 Å². The summed E-state index contributed by atoms with van der Waals surface area (Å²) in [5, 5.41) is 9.10. The van der Waals surface area contributed by atoms with Crippen LogP contribution in [0, 0.1) is 0 Å². The van der Waals surface area contributed by atoms with Crippen molar-refractivity contribution in [1.29, 1.82) is 0 Å². The molecule has 4 heteroatoms. The fourth-order valence-corrected chi connectivity index (χ4v) is 6.31. The molecule has 262 valence electrons. The van der Waals surface area contributed by atoms with Crippen molar-refractivity contribution in [3.8, 4) is 33.8 Å². The number of hydrogen-bond donors (Lipinski definition) is 0. The van der Waals surface area contributed by atoms with Crippen molar-refractivity contribution in [2.45, 2.75) is 124 Å². The lowest BCUT2D eigenvalue weighted by Crippen LogP contribution is -2.00. The van der Waals surface area contributed by atoms with Crippen LogP contribution in [0.25, 0.3) is 22.3 Å². The van der Waals surface area contributed by atoms with E-state index < -0.39 is 0 Å². The summed E-state index contributed by atoms with van der Waals surface area (Å²) in [4.78, 5) is 0. The third-order valence-corrected chi connectivity index (χ3v) is 9.18. The number of unbranched alkanes of at least 4 members (excludes halogenated alkanes) is 13. The number of aryl methyl sites for hydroxylation is 1. The second-order valence-electron chi connectivity index (χ2n) is 13.3. The van der Waals surface area contributed by atoms with Crippen molar-refractivity contribution < 1.29 is 9.47 Å². The first-order valence-electron chi connectivity index (χ1n) is 19.3. The maximum absolute atomic E-state index is 6.24. The maximum Gasteiger partial charge on any atom is 0.122 e. The first-order chi connectivity index (χ1) is 24.2. The van der Waals surface area contributed by atoms with Crippen LogP contribution in [0.1, 0.15) is 123 Å². The van der Waals surface area contributed by atoms with Crippen LogP contribution in [0.3, 0.4) is 0 Å². The maximum atomic E-state index is 6.24. The molecular formula is C45H60N2O2. The third kappa shape index (κ3) is 13.8. The predicted molar refractivity (Wildman–Crippen MR) is 209 cm³/mol. The topological polar surface area (TPSA) is 43.2 Å². The quantitative estimate of drug-likeness (QED) is 0.0554. The van der Waals surface area contributed by atoms with E-state index in [1.165, 1.54) is 106 Å². The standard InChI is InChI=1S/C45H60N2O2/c1-4-7-8-9-10-11-12-13-14-15-16-17-18-19-35-49-45-34-31-43(36-41(45)20-5-2)47-46-42-29-25-39(26-30-42)37-21-23-38(24-22-37)40-27-32-44(33-28-40)48-6-3/h21-34,36H,4-20,35H2,1-3H3. The van der Waals surface area contributed by atoms with Crippen molar-refractivity contribution in [3.63, 3.8) is 0 Å². The predicted octanol–water partition coefficient (Wildman–Crippen LogP) is 14.6. The molecule has 0 fully saturated rings. The summed E-state index contributed by atoms with van der Waals surface area (Å²) in [6.45, 7) is 7.96. The van der Waals surface area contributed by atoms with Crippen molar-refractivity contribution in [2.75, 3.05) is 13.2 Å². The van der Waals surface area contributed by atoms with Gasteiger partial charge >= 0.3 is 0 Å². The zero-order chi connectivity index (χ0) is 34.4. The summed E-state index contributed by atoms with van der Waals surface area (Å²) in [5.41, 5.74) is 7.61. The van der Waals surface area contributed by atoms with Crippen LogP contribution >= 0.6 is 0 Å². The molecule has 0 unspecified atom stereocenters. The summed E-state index contributed by atoms with van der Waals surface area (Å²) in [6, 6.07) is 31.4. The van der Waals surface area contributed by atoms with E-state index in [0.29, 0.717) is 6.61 Å². The Hall–Kier alpha value is -3.92. The Morgan fingerprint density at radius 1 is 0.429 bits per heavy atom. The van der Waals surface area contributed by atoms with Crippen molar-refractivity contribution in [3.05, 3.63) is 96.6 Å². The molecule has 0 aliphatic carbocycles. The molecule has 0 N–H and O–H groups in total. The van der Waals surface area contributed by atoms with Gasteiger partial charge in [-0.15, -0.1) is 0 Å². The van der Waals surface area contributed by atoms with Gasteiger partial charge in [0, 0.05) is 0 Å². The Bertz CT molecular complexity index is 1480. The molecule has 0 bridgehead atoms. The summed E-state index contributed by atoms with van der Waals surface area (Å²) in [5.74, 6) is 1.89. The summed E-state index contributed by atoms with van der Waals surface area (Å²) < 4.78 is 11.8. The second-order valence-corrected chi connectivity index (χ2v) is 13.3. The highest BCUT2D eigenvalue weighted by molar-refractivity contribution is 5.71. The van der Waals surface area contributed by atoms with Gasteiger partial charge in [-0.05, 0) is 90.0 Å². The van der Waals surface area contributed by atoms with E-state index >= 15 is 0 Å². The van der Waals surface area contributed by atoms with Crippen molar-refractivity contribution in [2.24, 2.45) is 10.2 Å². The van der Waals surface area contributed by atoms with Gasteiger partial charge in [0.25, 0.3) is 0 Å². The summed E-state index contributed by atoms with van der Waals surface area (Å²) in [6.07, 6.45) is 21.2. The molecule has 0 saturated heterocycles. The van der Waals surface area contributed by atoms with Crippen molar-refractivity contribution >= 4 is 11.4 Å². The highest BCUT2D eigenvalue weighted by atomic mass is 16.5. The molecule has 4 rings (SSSR count). The molecule has 0 aliphatic rings. The van der Waals surface area contributed by atoms with Crippen LogP contribution in [0.15, 0.2) is 101 Å². The number of azo groups is 1. The van der Waals surface area contributed by atoms with Crippen LogP contribution < -0.4 is 9.47 Å². The fraction of sp³-hybridized carbons (Fsp3) is 0.467. The lowest BCUT2D eigenvalue weighted by atomic mass is 10.0. The van der Waals surface area contributed by atoms with E-state index in [1.54, 1.807) is 0 Å². The molecular weight excluding hydrogens is 601 g/mol. The molecule has 0 radical (unpaired) electrons. The number of nitrogens with zero attached hydrogens (tertiary/aromatic N) is 2. The smallest absolute Gasteiger partial charge is 0.122 e. The molecule has 0 spiro atoms. The molecule has 0 aliphatic heterocycles. The minimum atomic E-state index is 0.677. The molecule has 0 amide bonds. The minimum Gasteiger partial charge on any atom is -0.494 e. The van der Waals surface area contributed by atoms with Gasteiger partial charge in [0.2, 0.25) is 0 Å². The highest BCUT2D eigenvalue weighted by Gasteiger charge is 2.06. The first-order valence-corrected chi connectivity index (χ1v) is 19.3. The molecule has 0 aromatic heterocycles. The average Bonchev–Trinajstić information content (AvgIpc) is 3.14. The largest absolute Gasteiger partial charge is 0.494 e. The van der Waals surface area contributed by atoms with Gasteiger partial charge in [0.15, 0.2) is 0 Å². The van der Waals surface area contributed by atoms with Crippen LogP contribution in [0.4, 0.5) is 11.4 Å². The third-order valence-electron chi connectivity index (χ3n) is 9.18. The molecule has 0 atom stereocenters. The molecule has 0 heterocycles. The fourth-order valence-electron chi connectivity index (χ4n) is 6.31. The molecule has 4 aromatic carbocycles. The van der Waals surface area contributed by atoms with Gasteiger partial charge in [-0.25, -0.2) is 0 Å². The Kier molecular flexibility index (Phi) is 17.5. The lowest BCUT2D eigenvalue weighted by molar-refractivity contribution is 0.301. The Labute approximate surface area is 297 Å². The Balaban J connectivity index is 1.17. The number of ether oxygens (including phenoxy) is 2. The van der Waals surface area contributed by atoms with Gasteiger partial charge in [-0.2, -0.15) is 10.2 Å². The van der Waals surface area contributed by atoms with Gasteiger partial charge in [-0.1, -0.05) is 152 Å². The van der Waals surface area contributed by atoms with Crippen LogP contribution in [0.2, 0.25) is 0 Å². The highest BCUT2D eigenvalue weighted by Crippen LogP contribution is 2.30. The Morgan fingerprint density at radius 2 is 0.878 bits per heavy atom. The first kappa shape index (κ1) is 37.9. The van der Waals surface area contributed by atoms with Gasteiger partial charge in [-0.3, -0.25) is 0 Å². The average molecular weight is 661 g/mol. The van der Waals surface area contributed by atoms with Crippen LogP contribution in [-0.2, 0) is 6.42 Å². The van der Waals surface area contributed by atoms with E-state index in [4.69, 9.17) is 9.47 Å². The normalized spacial score (nSPS) is 11.3. The number of benzene rings is 4. The van der Waals surface area contributed by atoms with E-state index in [1.807, 2.05) is 37.3 Å². The minimum absolute atomic E-state index is 0.677. The summed E-state index contributed by atoms with van der Waals surface area (Å²) >= 11 is 0. The molecule has 49 heavy (non-hydrogen) atoms. The van der Waals surface area contributed by atoms with Crippen molar-refractivity contribution in [1.82, 2.24) is 0 Å². The van der Waals surface area contributed by atoms with Gasteiger partial charge in [0.1, 0.15) is 11.5 Å². The number of hydrogen-bond acceptors (Lipinski definition) is 4. The zero-order valence-electron chi connectivity index (χ0n) is 30.6. The summed E-state index contributed by atoms with van der Waals surface area (Å²) in [7, 11) is 0. The van der Waals surface area contributed by atoms with E-state index in [9.17, 15) is 0 Å². The van der Waals surface area contributed by atoms with E-state index in [0.717, 1.165) is 54.3 Å². The molecule has 4 nitrogen and oxygen atoms in total. The monoisotopic (exact) mass is 660 g/mol. The van der Waals surface area contributed by atoms with E-state index in [2.05, 4.69) is 84.7 Å². The Morgan fingerprint density at radius 3 is 1.39 bits per heavy atom. The van der Waals surface area contributed by atoms with Gasteiger partial charge < -0.3 is 9.47 Å². The zero-order valence-corrected chi connectivity index (χ0v) is 30.6. The van der Waals surface area contributed by atoms with E-state index in [-0.39, 0.29) is 0 Å². The molecule has 4 aromatic rings. The SMILES string of the molecule is CCCCCCCCCCCCCCCCOc1ccc(N=Nc2ccc(-c3ccc(-c4ccc(OCC)cc4)cc3)cc2)cc1CCC. The van der Waals surface area contributed by atoms with Crippen LogP contribution in [-0.4, -0.2) is 13.2 Å². The van der Waals surface area contributed by atoms with Crippen LogP contribution in [0.5, 0.6) is 11.5 Å². The second kappa shape index (κ2) is 22.7.